The second kappa shape index (κ2) is 5.54. The van der Waals surface area contributed by atoms with Crippen molar-refractivity contribution in [2.75, 3.05) is 0 Å². The van der Waals surface area contributed by atoms with E-state index >= 15 is 0 Å². The number of nitrogens with zero attached hydrogens (tertiary/aromatic N) is 1. The third-order valence-corrected chi connectivity index (χ3v) is 3.33. The molecule has 0 aliphatic rings. The largest absolute Gasteiger partial charge is 0.478 e. The van der Waals surface area contributed by atoms with Crippen molar-refractivity contribution in [3.05, 3.63) is 53.7 Å². The van der Waals surface area contributed by atoms with Crippen LogP contribution < -0.4 is 0 Å². The van der Waals surface area contributed by atoms with Crippen LogP contribution >= 0.6 is 11.8 Å². The van der Waals surface area contributed by atoms with E-state index in [1.165, 1.54) is 30.5 Å². The molecule has 3 nitrogen and oxygen atoms in total. The molecule has 0 atom stereocenters. The number of benzene rings is 1. The molecule has 0 saturated carbocycles. The Morgan fingerprint density at radius 3 is 2.35 bits per heavy atom. The molecule has 1 aromatic heterocycles. The predicted molar refractivity (Wildman–Crippen MR) is 66.8 cm³/mol. The lowest BCUT2D eigenvalue weighted by molar-refractivity contribution is -0.137. The first-order valence-electron chi connectivity index (χ1n) is 5.41. The predicted octanol–water partition coefficient (Wildman–Crippen LogP) is 3.95. The Hall–Kier alpha value is -2.02. The SMILES string of the molecule is O=C(O)c1ccnc(Sc2ccc(C(F)(F)F)cc2)c1. The van der Waals surface area contributed by atoms with Gasteiger partial charge in [0, 0.05) is 11.1 Å². The van der Waals surface area contributed by atoms with E-state index in [4.69, 9.17) is 5.11 Å². The number of hydrogen-bond donors (Lipinski definition) is 1. The summed E-state index contributed by atoms with van der Waals surface area (Å²) in [4.78, 5) is 15.3. The highest BCUT2D eigenvalue weighted by atomic mass is 32.2. The minimum atomic E-state index is -4.37. The second-order valence-electron chi connectivity index (χ2n) is 3.81. The summed E-state index contributed by atoms with van der Waals surface area (Å²) in [5.41, 5.74) is -0.650. The second-order valence-corrected chi connectivity index (χ2v) is 4.91. The number of hydrogen-bond acceptors (Lipinski definition) is 3. The minimum Gasteiger partial charge on any atom is -0.478 e. The molecule has 2 rings (SSSR count). The molecule has 20 heavy (non-hydrogen) atoms. The minimum absolute atomic E-state index is 0.0782. The molecule has 2 aromatic rings. The molecule has 0 aliphatic carbocycles. The third kappa shape index (κ3) is 3.51. The van der Waals surface area contributed by atoms with Crippen molar-refractivity contribution >= 4 is 17.7 Å². The standard InChI is InChI=1S/C13H8F3NO2S/c14-13(15,16)9-1-3-10(4-2-9)20-11-7-8(12(18)19)5-6-17-11/h1-7H,(H,18,19). The summed E-state index contributed by atoms with van der Waals surface area (Å²) in [5.74, 6) is -1.08. The zero-order chi connectivity index (χ0) is 14.8. The fraction of sp³-hybridized carbons (Fsp3) is 0.0769. The molecule has 0 saturated heterocycles. The molecule has 104 valence electrons. The number of carboxylic acid groups (broad SMARTS) is 1. The van der Waals surface area contributed by atoms with Gasteiger partial charge in [0.05, 0.1) is 11.1 Å². The number of carboxylic acids is 1. The number of aromatic nitrogens is 1. The smallest absolute Gasteiger partial charge is 0.416 e. The quantitative estimate of drug-likeness (QED) is 0.932. The Labute approximate surface area is 116 Å². The van der Waals surface area contributed by atoms with E-state index < -0.39 is 17.7 Å². The van der Waals surface area contributed by atoms with Gasteiger partial charge in [-0.25, -0.2) is 9.78 Å². The summed E-state index contributed by atoms with van der Waals surface area (Å²) in [5, 5.41) is 9.25. The van der Waals surface area contributed by atoms with Gasteiger partial charge in [0.2, 0.25) is 0 Å². The topological polar surface area (TPSA) is 50.2 Å². The van der Waals surface area contributed by atoms with Crippen LogP contribution in [0.5, 0.6) is 0 Å². The van der Waals surface area contributed by atoms with Crippen molar-refractivity contribution in [3.8, 4) is 0 Å². The molecular weight excluding hydrogens is 291 g/mol. The summed E-state index contributed by atoms with van der Waals surface area (Å²) in [6, 6.07) is 7.31. The van der Waals surface area contributed by atoms with Crippen LogP contribution in [0.2, 0.25) is 0 Å². The Bertz CT molecular complexity index is 626. The Kier molecular flexibility index (Phi) is 3.99. The molecule has 0 unspecified atom stereocenters. The zero-order valence-corrected chi connectivity index (χ0v) is 10.7. The van der Waals surface area contributed by atoms with Gasteiger partial charge in [-0.05, 0) is 36.4 Å². The maximum atomic E-state index is 12.4. The van der Waals surface area contributed by atoms with E-state index in [0.29, 0.717) is 9.92 Å². The maximum Gasteiger partial charge on any atom is 0.416 e. The van der Waals surface area contributed by atoms with Gasteiger partial charge in [-0.15, -0.1) is 0 Å². The molecule has 1 aromatic carbocycles. The van der Waals surface area contributed by atoms with Crippen molar-refractivity contribution in [1.82, 2.24) is 4.98 Å². The third-order valence-electron chi connectivity index (χ3n) is 2.39. The van der Waals surface area contributed by atoms with Crippen molar-refractivity contribution in [1.29, 1.82) is 0 Å². The molecule has 0 aliphatic heterocycles. The molecule has 1 heterocycles. The molecular formula is C13H8F3NO2S. The van der Waals surface area contributed by atoms with Gasteiger partial charge < -0.3 is 5.11 Å². The fourth-order valence-electron chi connectivity index (χ4n) is 1.43. The van der Waals surface area contributed by atoms with Gasteiger partial charge in [0.15, 0.2) is 0 Å². The highest BCUT2D eigenvalue weighted by Crippen LogP contribution is 2.32. The van der Waals surface area contributed by atoms with Crippen LogP contribution in [0, 0.1) is 0 Å². The fourth-order valence-corrected chi connectivity index (χ4v) is 2.24. The molecule has 0 bridgehead atoms. The molecule has 0 radical (unpaired) electrons. The lowest BCUT2D eigenvalue weighted by Crippen LogP contribution is -2.03. The lowest BCUT2D eigenvalue weighted by Gasteiger charge is -2.07. The first-order valence-corrected chi connectivity index (χ1v) is 6.22. The first-order chi connectivity index (χ1) is 9.36. The summed E-state index contributed by atoms with van der Waals surface area (Å²) in [6.45, 7) is 0. The Balaban J connectivity index is 2.18. The highest BCUT2D eigenvalue weighted by molar-refractivity contribution is 7.99. The van der Waals surface area contributed by atoms with Crippen molar-refractivity contribution < 1.29 is 23.1 Å². The summed E-state index contributed by atoms with van der Waals surface area (Å²) >= 11 is 1.10. The molecule has 0 spiro atoms. The Morgan fingerprint density at radius 1 is 1.15 bits per heavy atom. The molecule has 0 amide bonds. The van der Waals surface area contributed by atoms with Gasteiger partial charge in [0.1, 0.15) is 5.03 Å². The Morgan fingerprint density at radius 2 is 1.80 bits per heavy atom. The number of aromatic carboxylic acids is 1. The summed E-state index contributed by atoms with van der Waals surface area (Å²) < 4.78 is 37.2. The number of halogens is 3. The summed E-state index contributed by atoms with van der Waals surface area (Å²) in [7, 11) is 0. The number of pyridine rings is 1. The van der Waals surface area contributed by atoms with Crippen LogP contribution in [0.3, 0.4) is 0 Å². The highest BCUT2D eigenvalue weighted by Gasteiger charge is 2.29. The van der Waals surface area contributed by atoms with Crippen molar-refractivity contribution in [2.24, 2.45) is 0 Å². The van der Waals surface area contributed by atoms with Gasteiger partial charge >= 0.3 is 12.1 Å². The van der Waals surface area contributed by atoms with Crippen molar-refractivity contribution in [3.63, 3.8) is 0 Å². The number of rotatable bonds is 3. The maximum absolute atomic E-state index is 12.4. The lowest BCUT2D eigenvalue weighted by atomic mass is 10.2. The average molecular weight is 299 g/mol. The van der Waals surface area contributed by atoms with Gasteiger partial charge in [0.25, 0.3) is 0 Å². The van der Waals surface area contributed by atoms with Gasteiger partial charge in [-0.1, -0.05) is 11.8 Å². The van der Waals surface area contributed by atoms with Crippen LogP contribution in [0.15, 0.2) is 52.5 Å². The molecule has 1 N–H and O–H groups in total. The monoisotopic (exact) mass is 299 g/mol. The molecule has 0 fully saturated rings. The van der Waals surface area contributed by atoms with E-state index in [0.717, 1.165) is 23.9 Å². The zero-order valence-electron chi connectivity index (χ0n) is 9.89. The van der Waals surface area contributed by atoms with E-state index in [1.807, 2.05) is 0 Å². The summed E-state index contributed by atoms with van der Waals surface area (Å²) in [6.07, 6.45) is -3.03. The number of alkyl halides is 3. The van der Waals surface area contributed by atoms with Crippen LogP contribution in [-0.2, 0) is 6.18 Å². The van der Waals surface area contributed by atoms with Crippen LogP contribution in [-0.4, -0.2) is 16.1 Å². The average Bonchev–Trinajstić information content (AvgIpc) is 2.38. The van der Waals surface area contributed by atoms with Crippen LogP contribution in [0.25, 0.3) is 0 Å². The van der Waals surface area contributed by atoms with Gasteiger partial charge in [-0.3, -0.25) is 0 Å². The van der Waals surface area contributed by atoms with E-state index in [2.05, 4.69) is 4.98 Å². The molecule has 7 heteroatoms. The number of carbonyl (C=O) groups is 1. The van der Waals surface area contributed by atoms with Crippen LogP contribution in [0.4, 0.5) is 13.2 Å². The van der Waals surface area contributed by atoms with Crippen LogP contribution in [0.1, 0.15) is 15.9 Å². The van der Waals surface area contributed by atoms with Crippen molar-refractivity contribution in [2.45, 2.75) is 16.1 Å². The van der Waals surface area contributed by atoms with E-state index in [-0.39, 0.29) is 5.56 Å². The normalized spacial score (nSPS) is 11.3. The van der Waals surface area contributed by atoms with Gasteiger partial charge in [-0.2, -0.15) is 13.2 Å². The van der Waals surface area contributed by atoms with E-state index in [9.17, 15) is 18.0 Å². The first kappa shape index (κ1) is 14.4. The van der Waals surface area contributed by atoms with E-state index in [1.54, 1.807) is 0 Å².